The first-order valence-corrected chi connectivity index (χ1v) is 6.21. The van der Waals surface area contributed by atoms with E-state index in [0.717, 1.165) is 24.9 Å². The number of hydrogen-bond acceptors (Lipinski definition) is 2. The van der Waals surface area contributed by atoms with Crippen LogP contribution in [0.15, 0.2) is 24.3 Å². The fourth-order valence-corrected chi connectivity index (χ4v) is 2.09. The van der Waals surface area contributed by atoms with Gasteiger partial charge in [-0.15, -0.1) is 0 Å². The fraction of sp³-hybridized carbons (Fsp3) is 0.571. The van der Waals surface area contributed by atoms with E-state index in [1.165, 1.54) is 12.1 Å². The van der Waals surface area contributed by atoms with Crippen molar-refractivity contribution in [1.82, 2.24) is 5.32 Å². The number of rotatable bonds is 7. The van der Waals surface area contributed by atoms with Gasteiger partial charge in [0.1, 0.15) is 5.82 Å². The maximum Gasteiger partial charge on any atom is 0.123 e. The third kappa shape index (κ3) is 4.44. The lowest BCUT2D eigenvalue weighted by Gasteiger charge is -2.26. The van der Waals surface area contributed by atoms with E-state index in [0.29, 0.717) is 0 Å². The number of nitrogens with one attached hydrogen (secondary N) is 1. The topological polar surface area (TPSA) is 21.3 Å². The Balaban J connectivity index is 2.68. The molecule has 1 aromatic carbocycles. The highest BCUT2D eigenvalue weighted by atomic mass is 19.1. The number of ether oxygens (including phenoxy) is 1. The summed E-state index contributed by atoms with van der Waals surface area (Å²) in [6, 6.07) is 6.96. The summed E-state index contributed by atoms with van der Waals surface area (Å²) in [6.07, 6.45) is 2.02. The lowest BCUT2D eigenvalue weighted by Crippen LogP contribution is -2.42. The maximum atomic E-state index is 12.8. The van der Waals surface area contributed by atoms with Gasteiger partial charge in [0.2, 0.25) is 0 Å². The van der Waals surface area contributed by atoms with Crippen LogP contribution in [0.2, 0.25) is 0 Å². The van der Waals surface area contributed by atoms with Crippen molar-refractivity contribution in [2.75, 3.05) is 13.7 Å². The summed E-state index contributed by atoms with van der Waals surface area (Å²) in [7, 11) is 1.74. The smallest absolute Gasteiger partial charge is 0.123 e. The van der Waals surface area contributed by atoms with E-state index in [2.05, 4.69) is 19.2 Å². The molecule has 0 aliphatic carbocycles. The van der Waals surface area contributed by atoms with Crippen LogP contribution in [0.1, 0.15) is 25.8 Å². The van der Waals surface area contributed by atoms with Crippen molar-refractivity contribution in [2.24, 2.45) is 0 Å². The van der Waals surface area contributed by atoms with Crippen LogP contribution >= 0.6 is 0 Å². The molecule has 0 bridgehead atoms. The minimum atomic E-state index is -0.187. The minimum absolute atomic E-state index is 0.187. The van der Waals surface area contributed by atoms with Gasteiger partial charge >= 0.3 is 0 Å². The highest BCUT2D eigenvalue weighted by Gasteiger charge is 2.18. The molecule has 96 valence electrons. The largest absolute Gasteiger partial charge is 0.380 e. The molecule has 0 amide bonds. The van der Waals surface area contributed by atoms with Gasteiger partial charge in [-0.05, 0) is 37.1 Å². The van der Waals surface area contributed by atoms with Gasteiger partial charge in [-0.2, -0.15) is 0 Å². The zero-order valence-electron chi connectivity index (χ0n) is 10.9. The van der Waals surface area contributed by atoms with Crippen LogP contribution in [0.25, 0.3) is 0 Å². The highest BCUT2D eigenvalue weighted by molar-refractivity contribution is 5.17. The summed E-state index contributed by atoms with van der Waals surface area (Å²) in [6.45, 7) is 5.11. The molecule has 0 aliphatic rings. The molecule has 1 rings (SSSR count). The number of likely N-dealkylation sites (N-methyl/N-ethyl adjacent to an activating group) is 1. The molecule has 0 saturated heterocycles. The quantitative estimate of drug-likeness (QED) is 0.790. The van der Waals surface area contributed by atoms with E-state index in [-0.39, 0.29) is 18.0 Å². The van der Waals surface area contributed by atoms with Crippen molar-refractivity contribution in [3.63, 3.8) is 0 Å². The van der Waals surface area contributed by atoms with E-state index >= 15 is 0 Å². The highest BCUT2D eigenvalue weighted by Crippen LogP contribution is 2.11. The molecule has 2 nitrogen and oxygen atoms in total. The predicted octanol–water partition coefficient (Wildman–Crippen LogP) is 2.77. The van der Waals surface area contributed by atoms with E-state index < -0.39 is 0 Å². The molecule has 1 aromatic rings. The zero-order valence-corrected chi connectivity index (χ0v) is 10.9. The number of hydrogen-bond donors (Lipinski definition) is 1. The van der Waals surface area contributed by atoms with Crippen LogP contribution in [0.4, 0.5) is 4.39 Å². The Morgan fingerprint density at radius 1 is 1.24 bits per heavy atom. The van der Waals surface area contributed by atoms with Crippen molar-refractivity contribution in [2.45, 2.75) is 38.8 Å². The SMILES string of the molecule is CCNC(Cc1ccc(F)cc1)C(CC)OC. The minimum Gasteiger partial charge on any atom is -0.380 e. The molecule has 3 heteroatoms. The van der Waals surface area contributed by atoms with Gasteiger partial charge in [-0.25, -0.2) is 4.39 Å². The molecule has 0 spiro atoms. The Morgan fingerprint density at radius 3 is 2.35 bits per heavy atom. The van der Waals surface area contributed by atoms with Crippen molar-refractivity contribution in [3.05, 3.63) is 35.6 Å². The summed E-state index contributed by atoms with van der Waals surface area (Å²) in [4.78, 5) is 0. The molecular formula is C14H22FNO. The van der Waals surface area contributed by atoms with Crippen LogP contribution in [0.3, 0.4) is 0 Å². The zero-order chi connectivity index (χ0) is 12.7. The summed E-state index contributed by atoms with van der Waals surface area (Å²) in [5, 5.41) is 3.43. The number of benzene rings is 1. The predicted molar refractivity (Wildman–Crippen MR) is 68.7 cm³/mol. The third-order valence-corrected chi connectivity index (χ3v) is 2.99. The van der Waals surface area contributed by atoms with Gasteiger partial charge in [-0.1, -0.05) is 26.0 Å². The molecule has 0 fully saturated rings. The maximum absolute atomic E-state index is 12.8. The molecule has 2 unspecified atom stereocenters. The molecule has 0 aromatic heterocycles. The monoisotopic (exact) mass is 239 g/mol. The van der Waals surface area contributed by atoms with Gasteiger partial charge in [0.05, 0.1) is 6.10 Å². The molecule has 0 radical (unpaired) electrons. The van der Waals surface area contributed by atoms with Crippen LogP contribution in [0, 0.1) is 5.82 Å². The van der Waals surface area contributed by atoms with E-state index in [9.17, 15) is 4.39 Å². The molecule has 0 aliphatic heterocycles. The Hall–Kier alpha value is -0.930. The Labute approximate surface area is 103 Å². The van der Waals surface area contributed by atoms with E-state index in [1.807, 2.05) is 12.1 Å². The Kier molecular flexibility index (Phi) is 6.16. The van der Waals surface area contributed by atoms with Crippen LogP contribution in [0.5, 0.6) is 0 Å². The Morgan fingerprint density at radius 2 is 1.88 bits per heavy atom. The van der Waals surface area contributed by atoms with Gasteiger partial charge in [0.15, 0.2) is 0 Å². The third-order valence-electron chi connectivity index (χ3n) is 2.99. The van der Waals surface area contributed by atoms with Crippen molar-refractivity contribution in [3.8, 4) is 0 Å². The second-order valence-corrected chi connectivity index (χ2v) is 4.18. The number of methoxy groups -OCH3 is 1. The average molecular weight is 239 g/mol. The van der Waals surface area contributed by atoms with Gasteiger partial charge in [0.25, 0.3) is 0 Å². The van der Waals surface area contributed by atoms with Crippen molar-refractivity contribution >= 4 is 0 Å². The van der Waals surface area contributed by atoms with Crippen LogP contribution in [-0.2, 0) is 11.2 Å². The molecule has 1 N–H and O–H groups in total. The van der Waals surface area contributed by atoms with Crippen LogP contribution in [-0.4, -0.2) is 25.8 Å². The molecule has 0 saturated carbocycles. The molecule has 17 heavy (non-hydrogen) atoms. The first-order valence-electron chi connectivity index (χ1n) is 6.21. The van der Waals surface area contributed by atoms with E-state index in [1.54, 1.807) is 7.11 Å². The van der Waals surface area contributed by atoms with Gasteiger partial charge < -0.3 is 10.1 Å². The second-order valence-electron chi connectivity index (χ2n) is 4.18. The Bertz CT molecular complexity index is 309. The second kappa shape index (κ2) is 7.41. The standard InChI is InChI=1S/C14H22FNO/c1-4-14(17-3)13(16-5-2)10-11-6-8-12(15)9-7-11/h6-9,13-14,16H,4-5,10H2,1-3H3. The molecule has 0 heterocycles. The first kappa shape index (κ1) is 14.1. The first-order chi connectivity index (χ1) is 8.21. The van der Waals surface area contributed by atoms with Crippen LogP contribution < -0.4 is 5.32 Å². The van der Waals surface area contributed by atoms with Crippen molar-refractivity contribution in [1.29, 1.82) is 0 Å². The number of halogens is 1. The lowest BCUT2D eigenvalue weighted by atomic mass is 9.99. The van der Waals surface area contributed by atoms with Crippen molar-refractivity contribution < 1.29 is 9.13 Å². The summed E-state index contributed by atoms with van der Waals surface area (Å²) in [5.74, 6) is -0.187. The normalized spacial score (nSPS) is 14.6. The van der Waals surface area contributed by atoms with Gasteiger partial charge in [0, 0.05) is 13.2 Å². The van der Waals surface area contributed by atoms with E-state index in [4.69, 9.17) is 4.74 Å². The average Bonchev–Trinajstić information content (AvgIpc) is 2.34. The summed E-state index contributed by atoms with van der Waals surface area (Å²) in [5.41, 5.74) is 1.13. The lowest BCUT2D eigenvalue weighted by molar-refractivity contribution is 0.0658. The van der Waals surface area contributed by atoms with Gasteiger partial charge in [-0.3, -0.25) is 0 Å². The molecular weight excluding hydrogens is 217 g/mol. The fourth-order valence-electron chi connectivity index (χ4n) is 2.09. The molecule has 2 atom stereocenters. The summed E-state index contributed by atoms with van der Waals surface area (Å²) >= 11 is 0. The summed E-state index contributed by atoms with van der Waals surface area (Å²) < 4.78 is 18.3.